The fourth-order valence-electron chi connectivity index (χ4n) is 2.45. The summed E-state index contributed by atoms with van der Waals surface area (Å²) in [7, 11) is 2.02. The molecule has 0 radical (unpaired) electrons. The smallest absolute Gasteiger partial charge is 0.326 e. The summed E-state index contributed by atoms with van der Waals surface area (Å²) in [6, 6.07) is 0.928. The number of hydrogen-bond acceptors (Lipinski definition) is 6. The zero-order chi connectivity index (χ0) is 20.7. The van der Waals surface area contributed by atoms with Crippen molar-refractivity contribution in [2.75, 3.05) is 14.2 Å². The lowest BCUT2D eigenvalue weighted by molar-refractivity contribution is -0.163. The Hall–Kier alpha value is -3.04. The Morgan fingerprint density at radius 3 is 2.11 bits per heavy atom. The van der Waals surface area contributed by atoms with Crippen molar-refractivity contribution in [3.63, 3.8) is 0 Å². The van der Waals surface area contributed by atoms with Gasteiger partial charge in [0, 0.05) is 12.0 Å². The monoisotopic (exact) mass is 387 g/mol. The topological polar surface area (TPSA) is 119 Å². The van der Waals surface area contributed by atoms with Crippen molar-refractivity contribution in [1.29, 1.82) is 0 Å². The summed E-state index contributed by atoms with van der Waals surface area (Å²) in [6.07, 6.45) is -0.566. The molecule has 0 heterocycles. The van der Waals surface area contributed by atoms with Crippen LogP contribution >= 0.6 is 0 Å². The zero-order valence-corrected chi connectivity index (χ0v) is 14.8. The number of carboxylic acid groups (broad SMARTS) is 1. The third kappa shape index (κ3) is 5.73. The van der Waals surface area contributed by atoms with E-state index in [2.05, 4.69) is 14.8 Å². The second-order valence-electron chi connectivity index (χ2n) is 5.68. The molecule has 0 aromatic heterocycles. The Morgan fingerprint density at radius 1 is 1.11 bits per heavy atom. The molecule has 0 aliphatic rings. The second kappa shape index (κ2) is 9.60. The van der Waals surface area contributed by atoms with Gasteiger partial charge in [-0.05, 0) is 11.6 Å². The SMILES string of the molecule is COC(=O)C(C(=O)OC)[C@@H](C)[C@H](NC(=O)Cc1ccc(F)cc1F)C(=O)O. The highest BCUT2D eigenvalue weighted by Crippen LogP contribution is 2.20. The van der Waals surface area contributed by atoms with Crippen molar-refractivity contribution < 1.29 is 42.5 Å². The van der Waals surface area contributed by atoms with Gasteiger partial charge in [-0.2, -0.15) is 0 Å². The molecular weight excluding hydrogens is 368 g/mol. The van der Waals surface area contributed by atoms with Crippen LogP contribution in [-0.2, 0) is 35.1 Å². The Balaban J connectivity index is 2.99. The summed E-state index contributed by atoms with van der Waals surface area (Å²) in [5.74, 6) is -9.09. The van der Waals surface area contributed by atoms with Crippen molar-refractivity contribution in [1.82, 2.24) is 5.32 Å². The molecule has 0 aliphatic heterocycles. The Morgan fingerprint density at radius 2 is 1.67 bits per heavy atom. The number of carbonyl (C=O) groups excluding carboxylic acids is 3. The molecule has 0 saturated heterocycles. The average molecular weight is 387 g/mol. The summed E-state index contributed by atoms with van der Waals surface area (Å²) >= 11 is 0. The van der Waals surface area contributed by atoms with Gasteiger partial charge in [0.1, 0.15) is 17.7 Å². The van der Waals surface area contributed by atoms with Crippen LogP contribution in [0.5, 0.6) is 0 Å². The van der Waals surface area contributed by atoms with Gasteiger partial charge in [0.15, 0.2) is 5.92 Å². The number of carbonyl (C=O) groups is 4. The Labute approximate surface area is 153 Å². The molecule has 0 saturated carbocycles. The number of halogens is 2. The summed E-state index contributed by atoms with van der Waals surface area (Å²) in [4.78, 5) is 47.3. The van der Waals surface area contributed by atoms with E-state index < -0.39 is 59.7 Å². The molecule has 148 valence electrons. The number of ether oxygens (including phenoxy) is 2. The maximum atomic E-state index is 13.6. The third-order valence-corrected chi connectivity index (χ3v) is 3.91. The van der Waals surface area contributed by atoms with Gasteiger partial charge in [-0.1, -0.05) is 13.0 Å². The molecule has 0 spiro atoms. The summed E-state index contributed by atoms with van der Waals surface area (Å²) < 4.78 is 35.5. The lowest BCUT2D eigenvalue weighted by Gasteiger charge is -2.26. The van der Waals surface area contributed by atoms with Crippen molar-refractivity contribution in [2.24, 2.45) is 11.8 Å². The maximum Gasteiger partial charge on any atom is 0.326 e. The normalized spacial score (nSPS) is 12.8. The standard InChI is InChI=1S/C17H19F2NO7/c1-8(13(16(24)26-2)17(25)27-3)14(15(22)23)20-12(21)6-9-4-5-10(18)7-11(9)19/h4-5,7-8,13-14H,6H2,1-3H3,(H,20,21)(H,22,23)/t8-,14+/m1/s1. The van der Waals surface area contributed by atoms with E-state index in [-0.39, 0.29) is 5.56 Å². The first kappa shape index (κ1) is 22.0. The number of amides is 1. The number of esters is 2. The molecule has 2 N–H and O–H groups in total. The quantitative estimate of drug-likeness (QED) is 0.497. The molecule has 1 rings (SSSR count). The van der Waals surface area contributed by atoms with Crippen LogP contribution in [0.25, 0.3) is 0 Å². The molecule has 8 nitrogen and oxygen atoms in total. The van der Waals surface area contributed by atoms with Gasteiger partial charge in [-0.25, -0.2) is 13.6 Å². The van der Waals surface area contributed by atoms with E-state index in [4.69, 9.17) is 0 Å². The van der Waals surface area contributed by atoms with E-state index in [0.29, 0.717) is 6.07 Å². The number of methoxy groups -OCH3 is 2. The first-order valence-corrected chi connectivity index (χ1v) is 7.74. The molecule has 0 bridgehead atoms. The van der Waals surface area contributed by atoms with Crippen LogP contribution in [0.15, 0.2) is 18.2 Å². The lowest BCUT2D eigenvalue weighted by Crippen LogP contribution is -2.50. The van der Waals surface area contributed by atoms with Gasteiger partial charge < -0.3 is 19.9 Å². The number of carboxylic acids is 1. The Bertz CT molecular complexity index is 722. The van der Waals surface area contributed by atoms with E-state index in [1.165, 1.54) is 6.92 Å². The number of rotatable bonds is 8. The molecule has 1 amide bonds. The molecule has 0 aliphatic carbocycles. The highest BCUT2D eigenvalue weighted by molar-refractivity contribution is 5.96. The molecular formula is C17H19F2NO7. The maximum absolute atomic E-state index is 13.6. The predicted octanol–water partition coefficient (Wildman–Crippen LogP) is 0.675. The van der Waals surface area contributed by atoms with Gasteiger partial charge in [-0.15, -0.1) is 0 Å². The molecule has 2 atom stereocenters. The molecule has 27 heavy (non-hydrogen) atoms. The average Bonchev–Trinajstić information content (AvgIpc) is 2.61. The minimum atomic E-state index is -1.66. The van der Waals surface area contributed by atoms with Gasteiger partial charge in [-0.3, -0.25) is 14.4 Å². The molecule has 1 aromatic carbocycles. The van der Waals surface area contributed by atoms with Crippen molar-refractivity contribution in [3.8, 4) is 0 Å². The van der Waals surface area contributed by atoms with Crippen LogP contribution in [-0.4, -0.2) is 49.2 Å². The third-order valence-electron chi connectivity index (χ3n) is 3.91. The van der Waals surface area contributed by atoms with Crippen molar-refractivity contribution >= 4 is 23.8 Å². The van der Waals surface area contributed by atoms with Crippen molar-refractivity contribution in [2.45, 2.75) is 19.4 Å². The fourth-order valence-corrected chi connectivity index (χ4v) is 2.45. The minimum Gasteiger partial charge on any atom is -0.480 e. The largest absolute Gasteiger partial charge is 0.480 e. The van der Waals surface area contributed by atoms with E-state index in [9.17, 15) is 33.1 Å². The van der Waals surface area contributed by atoms with Crippen molar-refractivity contribution in [3.05, 3.63) is 35.4 Å². The number of nitrogens with one attached hydrogen (secondary N) is 1. The first-order valence-electron chi connectivity index (χ1n) is 7.74. The Kier molecular flexibility index (Phi) is 7.82. The van der Waals surface area contributed by atoms with Crippen LogP contribution in [0.2, 0.25) is 0 Å². The van der Waals surface area contributed by atoms with E-state index in [1.807, 2.05) is 0 Å². The molecule has 1 aromatic rings. The highest BCUT2D eigenvalue weighted by Gasteiger charge is 2.42. The van der Waals surface area contributed by atoms with Gasteiger partial charge in [0.2, 0.25) is 5.91 Å². The number of aliphatic carboxylic acids is 1. The van der Waals surface area contributed by atoms with Crippen LogP contribution < -0.4 is 5.32 Å². The van der Waals surface area contributed by atoms with Gasteiger partial charge in [0.05, 0.1) is 20.6 Å². The zero-order valence-electron chi connectivity index (χ0n) is 14.8. The molecule has 0 unspecified atom stereocenters. The van der Waals surface area contributed by atoms with Gasteiger partial charge in [0.25, 0.3) is 0 Å². The first-order chi connectivity index (χ1) is 12.6. The second-order valence-corrected chi connectivity index (χ2v) is 5.68. The van der Waals surface area contributed by atoms with Crippen LogP contribution in [0.1, 0.15) is 12.5 Å². The van der Waals surface area contributed by atoms with E-state index in [0.717, 1.165) is 26.4 Å². The lowest BCUT2D eigenvalue weighted by atomic mass is 9.87. The van der Waals surface area contributed by atoms with E-state index >= 15 is 0 Å². The summed E-state index contributed by atoms with van der Waals surface area (Å²) in [6.45, 7) is 1.25. The predicted molar refractivity (Wildman–Crippen MR) is 86.3 cm³/mol. The van der Waals surface area contributed by atoms with Crippen LogP contribution in [0.3, 0.4) is 0 Å². The fraction of sp³-hybridized carbons (Fsp3) is 0.412. The highest BCUT2D eigenvalue weighted by atomic mass is 19.1. The number of hydrogen-bond donors (Lipinski definition) is 2. The molecule has 0 fully saturated rings. The van der Waals surface area contributed by atoms with Gasteiger partial charge >= 0.3 is 17.9 Å². The summed E-state index contributed by atoms with van der Waals surface area (Å²) in [5, 5.41) is 11.5. The van der Waals surface area contributed by atoms with Crippen LogP contribution in [0.4, 0.5) is 8.78 Å². The molecule has 10 heteroatoms. The minimum absolute atomic E-state index is 0.150. The number of benzene rings is 1. The van der Waals surface area contributed by atoms with E-state index in [1.54, 1.807) is 0 Å². The van der Waals surface area contributed by atoms with Crippen LogP contribution in [0, 0.1) is 23.5 Å². The summed E-state index contributed by atoms with van der Waals surface area (Å²) in [5.41, 5.74) is -0.150.